The van der Waals surface area contributed by atoms with Gasteiger partial charge in [-0.2, -0.15) is 0 Å². The minimum atomic E-state index is 0. The zero-order valence-electron chi connectivity index (χ0n) is 18.9. The number of aromatic nitrogens is 1. The number of nitrogens with zero attached hydrogens (tertiary/aromatic N) is 3. The summed E-state index contributed by atoms with van der Waals surface area (Å²) >= 11 is 0. The van der Waals surface area contributed by atoms with Crippen LogP contribution in [-0.4, -0.2) is 62.8 Å². The predicted molar refractivity (Wildman–Crippen MR) is 136 cm³/mol. The summed E-state index contributed by atoms with van der Waals surface area (Å²) < 4.78 is 10.8. The van der Waals surface area contributed by atoms with E-state index in [2.05, 4.69) is 50.6 Å². The SMILES string of the molecule is CN=C(NCCc1ccncc1C)NC1CCN(Cc2cc(OC)cc(OC)c2)C1.I. The number of ether oxygens (including phenoxy) is 2. The topological polar surface area (TPSA) is 71.0 Å². The number of likely N-dealkylation sites (tertiary alicyclic amines) is 1. The van der Waals surface area contributed by atoms with Gasteiger partial charge in [-0.05, 0) is 54.7 Å². The first-order valence-electron chi connectivity index (χ1n) is 10.4. The average Bonchev–Trinajstić information content (AvgIpc) is 3.20. The largest absolute Gasteiger partial charge is 0.497 e. The number of aliphatic imine (C=N–C) groups is 1. The molecule has 31 heavy (non-hydrogen) atoms. The first-order valence-corrected chi connectivity index (χ1v) is 10.4. The minimum Gasteiger partial charge on any atom is -0.497 e. The summed E-state index contributed by atoms with van der Waals surface area (Å²) in [5.74, 6) is 2.51. The number of guanidine groups is 1. The number of halogens is 1. The summed E-state index contributed by atoms with van der Waals surface area (Å²) in [6.07, 6.45) is 5.79. The summed E-state index contributed by atoms with van der Waals surface area (Å²) in [5, 5.41) is 7.00. The first kappa shape index (κ1) is 25.2. The van der Waals surface area contributed by atoms with E-state index in [1.54, 1.807) is 14.2 Å². The van der Waals surface area contributed by atoms with Gasteiger partial charge >= 0.3 is 0 Å². The highest BCUT2D eigenvalue weighted by Crippen LogP contribution is 2.24. The van der Waals surface area contributed by atoms with Crippen LogP contribution in [0.2, 0.25) is 0 Å². The Morgan fingerprint density at radius 2 is 1.97 bits per heavy atom. The Kier molecular flexibility index (Phi) is 10.3. The van der Waals surface area contributed by atoms with Crippen LogP contribution < -0.4 is 20.1 Å². The maximum absolute atomic E-state index is 5.39. The summed E-state index contributed by atoms with van der Waals surface area (Å²) in [5.41, 5.74) is 3.73. The van der Waals surface area contributed by atoms with Gasteiger partial charge in [0, 0.05) is 57.7 Å². The van der Waals surface area contributed by atoms with Crippen LogP contribution in [0.1, 0.15) is 23.1 Å². The summed E-state index contributed by atoms with van der Waals surface area (Å²) in [6.45, 7) is 5.83. The van der Waals surface area contributed by atoms with Crippen LogP contribution in [-0.2, 0) is 13.0 Å². The normalized spacial score (nSPS) is 16.5. The van der Waals surface area contributed by atoms with Gasteiger partial charge in [-0.15, -0.1) is 24.0 Å². The Labute approximate surface area is 202 Å². The van der Waals surface area contributed by atoms with Crippen molar-refractivity contribution < 1.29 is 9.47 Å². The van der Waals surface area contributed by atoms with Gasteiger partial charge in [-0.25, -0.2) is 0 Å². The van der Waals surface area contributed by atoms with Crippen LogP contribution in [0.4, 0.5) is 0 Å². The molecule has 1 aliphatic heterocycles. The number of rotatable bonds is 8. The second-order valence-corrected chi connectivity index (χ2v) is 7.64. The van der Waals surface area contributed by atoms with Gasteiger partial charge < -0.3 is 20.1 Å². The molecule has 1 aromatic heterocycles. The molecule has 3 rings (SSSR count). The van der Waals surface area contributed by atoms with Gasteiger partial charge in [-0.1, -0.05) is 0 Å². The molecule has 1 saturated heterocycles. The van der Waals surface area contributed by atoms with Crippen molar-refractivity contribution in [3.05, 3.63) is 53.3 Å². The molecule has 1 unspecified atom stereocenters. The van der Waals surface area contributed by atoms with E-state index in [0.29, 0.717) is 6.04 Å². The molecule has 0 amide bonds. The number of methoxy groups -OCH3 is 2. The van der Waals surface area contributed by atoms with Gasteiger partial charge in [0.25, 0.3) is 0 Å². The van der Waals surface area contributed by atoms with Crippen LogP contribution in [0.25, 0.3) is 0 Å². The van der Waals surface area contributed by atoms with Gasteiger partial charge in [-0.3, -0.25) is 14.9 Å². The highest BCUT2D eigenvalue weighted by molar-refractivity contribution is 14.0. The zero-order valence-corrected chi connectivity index (χ0v) is 21.2. The summed E-state index contributed by atoms with van der Waals surface area (Å²) in [4.78, 5) is 11.0. The lowest BCUT2D eigenvalue weighted by Gasteiger charge is -2.19. The Balaban J connectivity index is 0.00000341. The van der Waals surface area contributed by atoms with E-state index in [1.165, 1.54) is 16.7 Å². The van der Waals surface area contributed by atoms with Crippen LogP contribution >= 0.6 is 24.0 Å². The quantitative estimate of drug-likeness (QED) is 0.306. The van der Waals surface area contributed by atoms with Crippen LogP contribution in [0.3, 0.4) is 0 Å². The average molecular weight is 539 g/mol. The lowest BCUT2D eigenvalue weighted by molar-refractivity contribution is 0.321. The third-order valence-corrected chi connectivity index (χ3v) is 5.48. The van der Waals surface area contributed by atoms with E-state index in [4.69, 9.17) is 9.47 Å². The van der Waals surface area contributed by atoms with Crippen molar-refractivity contribution in [3.8, 4) is 11.5 Å². The highest BCUT2D eigenvalue weighted by Gasteiger charge is 2.23. The number of hydrogen-bond donors (Lipinski definition) is 2. The maximum Gasteiger partial charge on any atom is 0.191 e. The summed E-state index contributed by atoms with van der Waals surface area (Å²) in [6, 6.07) is 8.51. The number of benzene rings is 1. The molecule has 8 heteroatoms. The second kappa shape index (κ2) is 12.7. The lowest BCUT2D eigenvalue weighted by Crippen LogP contribution is -2.45. The third kappa shape index (κ3) is 7.53. The molecule has 170 valence electrons. The van der Waals surface area contributed by atoms with Crippen molar-refractivity contribution in [1.82, 2.24) is 20.5 Å². The zero-order chi connectivity index (χ0) is 21.3. The molecular formula is C23H34IN5O2. The van der Waals surface area contributed by atoms with Crippen molar-refractivity contribution in [2.24, 2.45) is 4.99 Å². The van der Waals surface area contributed by atoms with Gasteiger partial charge in [0.1, 0.15) is 11.5 Å². The van der Waals surface area contributed by atoms with Gasteiger partial charge in [0.15, 0.2) is 5.96 Å². The number of pyridine rings is 1. The smallest absolute Gasteiger partial charge is 0.191 e. The fourth-order valence-corrected chi connectivity index (χ4v) is 3.80. The van der Waals surface area contributed by atoms with E-state index in [9.17, 15) is 0 Å². The molecule has 1 atom stereocenters. The molecular weight excluding hydrogens is 505 g/mol. The van der Waals surface area contributed by atoms with Crippen molar-refractivity contribution >= 4 is 29.9 Å². The first-order chi connectivity index (χ1) is 14.6. The van der Waals surface area contributed by atoms with Crippen molar-refractivity contribution in [3.63, 3.8) is 0 Å². The molecule has 2 N–H and O–H groups in total. The van der Waals surface area contributed by atoms with Gasteiger partial charge in [0.2, 0.25) is 0 Å². The molecule has 1 aromatic carbocycles. The Bertz CT molecular complexity index is 839. The Morgan fingerprint density at radius 1 is 1.23 bits per heavy atom. The van der Waals surface area contributed by atoms with E-state index in [1.807, 2.05) is 25.5 Å². The molecule has 1 aliphatic rings. The molecule has 0 bridgehead atoms. The molecule has 1 fully saturated rings. The molecule has 0 aliphatic carbocycles. The number of hydrogen-bond acceptors (Lipinski definition) is 5. The second-order valence-electron chi connectivity index (χ2n) is 7.64. The minimum absolute atomic E-state index is 0. The predicted octanol–water partition coefficient (Wildman–Crippen LogP) is 3.01. The monoisotopic (exact) mass is 539 g/mol. The van der Waals surface area contributed by atoms with Crippen LogP contribution in [0.5, 0.6) is 11.5 Å². The van der Waals surface area contributed by atoms with Crippen molar-refractivity contribution in [2.75, 3.05) is 40.9 Å². The molecule has 2 heterocycles. The van der Waals surface area contributed by atoms with Crippen LogP contribution in [0.15, 0.2) is 41.7 Å². The number of aryl methyl sites for hydroxylation is 1. The maximum atomic E-state index is 5.39. The summed E-state index contributed by atoms with van der Waals surface area (Å²) in [7, 11) is 5.19. The molecule has 0 radical (unpaired) electrons. The number of nitrogens with one attached hydrogen (secondary N) is 2. The van der Waals surface area contributed by atoms with E-state index >= 15 is 0 Å². The molecule has 0 spiro atoms. The molecule has 2 aromatic rings. The Hall–Kier alpha value is -2.07. The lowest BCUT2D eigenvalue weighted by atomic mass is 10.1. The standard InChI is InChI=1S/C23H33N5O2.HI/c1-17-14-25-8-5-19(17)6-9-26-23(24-2)27-20-7-10-28(16-20)15-18-11-21(29-3)13-22(12-18)30-4;/h5,8,11-14,20H,6-7,9-10,15-16H2,1-4H3,(H2,24,26,27);1H. The fourth-order valence-electron chi connectivity index (χ4n) is 3.80. The van der Waals surface area contributed by atoms with Crippen LogP contribution in [0, 0.1) is 6.92 Å². The fraction of sp³-hybridized carbons (Fsp3) is 0.478. The van der Waals surface area contributed by atoms with E-state index in [-0.39, 0.29) is 24.0 Å². The molecule has 7 nitrogen and oxygen atoms in total. The molecule has 0 saturated carbocycles. The van der Waals surface area contributed by atoms with Crippen molar-refractivity contribution in [2.45, 2.75) is 32.4 Å². The highest BCUT2D eigenvalue weighted by atomic mass is 127. The Morgan fingerprint density at radius 3 is 2.61 bits per heavy atom. The van der Waals surface area contributed by atoms with Gasteiger partial charge in [0.05, 0.1) is 14.2 Å². The van der Waals surface area contributed by atoms with E-state index < -0.39 is 0 Å². The van der Waals surface area contributed by atoms with E-state index in [0.717, 1.165) is 56.5 Å². The van der Waals surface area contributed by atoms with Crippen molar-refractivity contribution in [1.29, 1.82) is 0 Å². The third-order valence-electron chi connectivity index (χ3n) is 5.48.